The number of ketones is 1. The van der Waals surface area contributed by atoms with Gasteiger partial charge in [-0.05, 0) is 25.7 Å². The number of carbonyl (C=O) groups excluding carboxylic acids is 1. The van der Waals surface area contributed by atoms with Gasteiger partial charge in [0.1, 0.15) is 6.10 Å². The van der Waals surface area contributed by atoms with Crippen LogP contribution in [0.2, 0.25) is 0 Å². The standard InChI is InChI=1S/C8H10O2/c1-3-7(9)8-5-4-6(2)10-8/h1,6,8H,4-5H2,2H3/t6-,8+/m0/s1. The Balaban J connectivity index is 2.47. The van der Waals surface area contributed by atoms with Gasteiger partial charge in [-0.2, -0.15) is 0 Å². The molecule has 0 aromatic rings. The van der Waals surface area contributed by atoms with Gasteiger partial charge in [-0.15, -0.1) is 6.42 Å². The highest BCUT2D eigenvalue weighted by Crippen LogP contribution is 2.19. The summed E-state index contributed by atoms with van der Waals surface area (Å²) in [6, 6.07) is 0. The summed E-state index contributed by atoms with van der Waals surface area (Å²) in [5.74, 6) is 1.85. The summed E-state index contributed by atoms with van der Waals surface area (Å²) in [6.45, 7) is 1.95. The van der Waals surface area contributed by atoms with Crippen molar-refractivity contribution in [3.05, 3.63) is 0 Å². The lowest BCUT2D eigenvalue weighted by Crippen LogP contribution is -2.18. The third-order valence-corrected chi connectivity index (χ3v) is 1.67. The van der Waals surface area contributed by atoms with Crippen LogP contribution in [0, 0.1) is 12.3 Å². The van der Waals surface area contributed by atoms with Gasteiger partial charge in [0.05, 0.1) is 6.10 Å². The second-order valence-electron chi connectivity index (χ2n) is 2.52. The Morgan fingerprint density at radius 1 is 1.70 bits per heavy atom. The van der Waals surface area contributed by atoms with Crippen LogP contribution in [-0.4, -0.2) is 18.0 Å². The van der Waals surface area contributed by atoms with E-state index in [1.807, 2.05) is 6.92 Å². The molecule has 0 spiro atoms. The maximum absolute atomic E-state index is 10.8. The highest BCUT2D eigenvalue weighted by Gasteiger charge is 2.26. The summed E-state index contributed by atoms with van der Waals surface area (Å²) in [5.41, 5.74) is 0. The van der Waals surface area contributed by atoms with E-state index in [0.29, 0.717) is 0 Å². The van der Waals surface area contributed by atoms with Crippen LogP contribution in [0.25, 0.3) is 0 Å². The van der Waals surface area contributed by atoms with E-state index in [1.54, 1.807) is 0 Å². The first-order chi connectivity index (χ1) is 4.74. The Bertz CT molecular complexity index is 178. The fourth-order valence-electron chi connectivity index (χ4n) is 1.09. The molecule has 54 valence electrons. The van der Waals surface area contributed by atoms with Crippen LogP contribution in [0.3, 0.4) is 0 Å². The lowest BCUT2D eigenvalue weighted by Gasteiger charge is -2.04. The van der Waals surface area contributed by atoms with E-state index < -0.39 is 0 Å². The molecule has 0 saturated carbocycles. The van der Waals surface area contributed by atoms with Crippen LogP contribution in [0.5, 0.6) is 0 Å². The lowest BCUT2D eigenvalue weighted by molar-refractivity contribution is -0.123. The molecule has 0 unspecified atom stereocenters. The fraction of sp³-hybridized carbons (Fsp3) is 0.625. The van der Waals surface area contributed by atoms with Crippen molar-refractivity contribution in [1.82, 2.24) is 0 Å². The van der Waals surface area contributed by atoms with E-state index in [0.717, 1.165) is 12.8 Å². The quantitative estimate of drug-likeness (QED) is 0.395. The molecule has 1 aliphatic heterocycles. The molecule has 0 radical (unpaired) electrons. The summed E-state index contributed by atoms with van der Waals surface area (Å²) < 4.78 is 5.22. The van der Waals surface area contributed by atoms with Crippen LogP contribution in [0.15, 0.2) is 0 Å². The van der Waals surface area contributed by atoms with E-state index in [4.69, 9.17) is 11.2 Å². The maximum atomic E-state index is 10.8. The Morgan fingerprint density at radius 3 is 2.80 bits per heavy atom. The van der Waals surface area contributed by atoms with Crippen molar-refractivity contribution in [2.45, 2.75) is 32.0 Å². The molecule has 0 aromatic heterocycles. The molecule has 0 aliphatic carbocycles. The molecule has 1 aliphatic rings. The summed E-state index contributed by atoms with van der Waals surface area (Å²) in [4.78, 5) is 10.8. The van der Waals surface area contributed by atoms with Gasteiger partial charge in [-0.1, -0.05) is 0 Å². The van der Waals surface area contributed by atoms with Crippen LogP contribution in [-0.2, 0) is 9.53 Å². The molecule has 1 rings (SSSR count). The molecule has 10 heavy (non-hydrogen) atoms. The number of rotatable bonds is 1. The first-order valence-corrected chi connectivity index (χ1v) is 3.40. The first kappa shape index (κ1) is 7.30. The van der Waals surface area contributed by atoms with Crippen molar-refractivity contribution in [2.75, 3.05) is 0 Å². The number of hydrogen-bond donors (Lipinski definition) is 0. The number of Topliss-reactive ketones (excluding diaryl/α,β-unsaturated/α-hetero) is 1. The fourth-order valence-corrected chi connectivity index (χ4v) is 1.09. The zero-order valence-corrected chi connectivity index (χ0v) is 5.96. The van der Waals surface area contributed by atoms with Crippen LogP contribution in [0.4, 0.5) is 0 Å². The largest absolute Gasteiger partial charge is 0.366 e. The summed E-state index contributed by atoms with van der Waals surface area (Å²) in [5, 5.41) is 0. The van der Waals surface area contributed by atoms with Crippen molar-refractivity contribution in [3.8, 4) is 12.3 Å². The van der Waals surface area contributed by atoms with Crippen molar-refractivity contribution < 1.29 is 9.53 Å². The average Bonchev–Trinajstić information content (AvgIpc) is 2.34. The maximum Gasteiger partial charge on any atom is 0.233 e. The van der Waals surface area contributed by atoms with Crippen molar-refractivity contribution in [3.63, 3.8) is 0 Å². The minimum Gasteiger partial charge on any atom is -0.366 e. The summed E-state index contributed by atoms with van der Waals surface area (Å²) >= 11 is 0. The van der Waals surface area contributed by atoms with Crippen LogP contribution in [0.1, 0.15) is 19.8 Å². The molecule has 1 fully saturated rings. The van der Waals surface area contributed by atoms with Crippen molar-refractivity contribution in [2.24, 2.45) is 0 Å². The monoisotopic (exact) mass is 138 g/mol. The highest BCUT2D eigenvalue weighted by atomic mass is 16.5. The minimum absolute atomic E-state index is 0.197. The second-order valence-corrected chi connectivity index (χ2v) is 2.52. The Hall–Kier alpha value is -0.810. The Labute approximate surface area is 60.6 Å². The van der Waals surface area contributed by atoms with Crippen LogP contribution < -0.4 is 0 Å². The Kier molecular flexibility index (Phi) is 2.08. The highest BCUT2D eigenvalue weighted by molar-refractivity contribution is 5.98. The van der Waals surface area contributed by atoms with E-state index in [1.165, 1.54) is 0 Å². The third kappa shape index (κ3) is 1.37. The van der Waals surface area contributed by atoms with Crippen molar-refractivity contribution >= 4 is 5.78 Å². The van der Waals surface area contributed by atoms with Gasteiger partial charge >= 0.3 is 0 Å². The molecule has 2 atom stereocenters. The molecule has 1 heterocycles. The van der Waals surface area contributed by atoms with Gasteiger partial charge in [-0.3, -0.25) is 4.79 Å². The van der Waals surface area contributed by atoms with Gasteiger partial charge < -0.3 is 4.74 Å². The SMILES string of the molecule is C#CC(=O)[C@H]1CC[C@H](C)O1. The average molecular weight is 138 g/mol. The van der Waals surface area contributed by atoms with Gasteiger partial charge in [-0.25, -0.2) is 0 Å². The van der Waals surface area contributed by atoms with E-state index in [9.17, 15) is 4.79 Å². The van der Waals surface area contributed by atoms with Crippen molar-refractivity contribution in [1.29, 1.82) is 0 Å². The first-order valence-electron chi connectivity index (χ1n) is 3.40. The Morgan fingerprint density at radius 2 is 2.40 bits per heavy atom. The van der Waals surface area contributed by atoms with E-state index >= 15 is 0 Å². The normalized spacial score (nSPS) is 31.6. The topological polar surface area (TPSA) is 26.3 Å². The molecule has 0 bridgehead atoms. The zero-order valence-electron chi connectivity index (χ0n) is 5.96. The molecular formula is C8H10O2. The molecule has 0 N–H and O–H groups in total. The predicted molar refractivity (Wildman–Crippen MR) is 37.4 cm³/mol. The number of hydrogen-bond acceptors (Lipinski definition) is 2. The molecular weight excluding hydrogens is 128 g/mol. The van der Waals surface area contributed by atoms with E-state index in [-0.39, 0.29) is 18.0 Å². The molecule has 0 aromatic carbocycles. The number of ether oxygens (including phenoxy) is 1. The summed E-state index contributed by atoms with van der Waals surface area (Å²) in [7, 11) is 0. The third-order valence-electron chi connectivity index (χ3n) is 1.67. The minimum atomic E-state index is -0.319. The summed E-state index contributed by atoms with van der Waals surface area (Å²) in [6.07, 6.45) is 6.52. The van der Waals surface area contributed by atoms with E-state index in [2.05, 4.69) is 5.92 Å². The zero-order chi connectivity index (χ0) is 7.56. The van der Waals surface area contributed by atoms with Crippen LogP contribution >= 0.6 is 0 Å². The predicted octanol–water partition coefficient (Wildman–Crippen LogP) is 0.756. The van der Waals surface area contributed by atoms with Gasteiger partial charge in [0.2, 0.25) is 5.78 Å². The molecule has 2 heteroatoms. The molecule has 1 saturated heterocycles. The molecule has 0 amide bonds. The second kappa shape index (κ2) is 2.85. The molecule has 2 nitrogen and oxygen atoms in total. The van der Waals surface area contributed by atoms with Gasteiger partial charge in [0, 0.05) is 0 Å². The van der Waals surface area contributed by atoms with Gasteiger partial charge in [0.15, 0.2) is 0 Å². The number of terminal acetylenes is 1. The number of carbonyl (C=O) groups is 1. The lowest BCUT2D eigenvalue weighted by atomic mass is 10.1. The smallest absolute Gasteiger partial charge is 0.233 e. The van der Waals surface area contributed by atoms with Gasteiger partial charge in [0.25, 0.3) is 0 Å².